The highest BCUT2D eigenvalue weighted by molar-refractivity contribution is 5.35. The lowest BCUT2D eigenvalue weighted by atomic mass is 9.98. The van der Waals surface area contributed by atoms with Crippen LogP contribution in [0, 0.1) is 20.2 Å². The second-order valence-electron chi connectivity index (χ2n) is 4.96. The Morgan fingerprint density at radius 3 is 1.30 bits per heavy atom. The molecule has 0 unspecified atom stereocenters. The number of non-ortho nitro benzene ring substituents is 2. The van der Waals surface area contributed by atoms with Crippen molar-refractivity contribution in [1.29, 1.82) is 0 Å². The van der Waals surface area contributed by atoms with Gasteiger partial charge in [-0.05, 0) is 35.4 Å². The van der Waals surface area contributed by atoms with Crippen molar-refractivity contribution >= 4 is 11.4 Å². The van der Waals surface area contributed by atoms with Crippen molar-refractivity contribution in [1.82, 2.24) is 0 Å². The highest BCUT2D eigenvalue weighted by atomic mass is 16.6. The van der Waals surface area contributed by atoms with Crippen molar-refractivity contribution < 1.29 is 20.1 Å². The lowest BCUT2D eigenvalue weighted by Crippen LogP contribution is -2.06. The summed E-state index contributed by atoms with van der Waals surface area (Å²) in [4.78, 5) is 20.1. The lowest BCUT2D eigenvalue weighted by molar-refractivity contribution is -0.385. The van der Waals surface area contributed by atoms with Gasteiger partial charge >= 0.3 is 0 Å². The lowest BCUT2D eigenvalue weighted by Gasteiger charge is -2.16. The SMILES string of the molecule is O=[N+]([O-])c1ccc([C@@H](O)C[C@H](O)c2ccc([N+](=O)[O-])cc2)cc1. The summed E-state index contributed by atoms with van der Waals surface area (Å²) < 4.78 is 0. The number of nitro benzene ring substituents is 2. The van der Waals surface area contributed by atoms with Crippen molar-refractivity contribution in [2.75, 3.05) is 0 Å². The average molecular weight is 318 g/mol. The number of hydrogen-bond acceptors (Lipinski definition) is 6. The number of benzene rings is 2. The van der Waals surface area contributed by atoms with E-state index in [2.05, 4.69) is 0 Å². The monoisotopic (exact) mass is 318 g/mol. The van der Waals surface area contributed by atoms with Crippen LogP contribution in [0.5, 0.6) is 0 Å². The molecule has 120 valence electrons. The largest absolute Gasteiger partial charge is 0.388 e. The third-order valence-electron chi connectivity index (χ3n) is 3.42. The first-order chi connectivity index (χ1) is 10.9. The predicted molar refractivity (Wildman–Crippen MR) is 80.7 cm³/mol. The van der Waals surface area contributed by atoms with Crippen LogP contribution in [0.4, 0.5) is 11.4 Å². The van der Waals surface area contributed by atoms with Crippen LogP contribution in [0.1, 0.15) is 29.8 Å². The molecule has 2 aromatic carbocycles. The van der Waals surface area contributed by atoms with Crippen LogP contribution < -0.4 is 0 Å². The van der Waals surface area contributed by atoms with Gasteiger partial charge in [0.15, 0.2) is 0 Å². The summed E-state index contributed by atoms with van der Waals surface area (Å²) in [5.41, 5.74) is 0.710. The summed E-state index contributed by atoms with van der Waals surface area (Å²) in [6.45, 7) is 0. The van der Waals surface area contributed by atoms with E-state index in [1.54, 1.807) is 0 Å². The summed E-state index contributed by atoms with van der Waals surface area (Å²) in [7, 11) is 0. The third-order valence-corrected chi connectivity index (χ3v) is 3.42. The summed E-state index contributed by atoms with van der Waals surface area (Å²) in [6.07, 6.45) is -2.06. The van der Waals surface area contributed by atoms with Crippen LogP contribution in [-0.4, -0.2) is 20.1 Å². The molecule has 0 bridgehead atoms. The molecule has 8 heteroatoms. The van der Waals surface area contributed by atoms with E-state index in [1.165, 1.54) is 48.5 Å². The maximum Gasteiger partial charge on any atom is 0.269 e. The second kappa shape index (κ2) is 6.95. The molecule has 0 aliphatic rings. The van der Waals surface area contributed by atoms with E-state index in [1.807, 2.05) is 0 Å². The molecule has 0 heterocycles. The summed E-state index contributed by atoms with van der Waals surface area (Å²) in [5, 5.41) is 41.3. The maximum absolute atomic E-state index is 10.6. The van der Waals surface area contributed by atoms with Crippen LogP contribution in [0.25, 0.3) is 0 Å². The first kappa shape index (κ1) is 16.5. The molecule has 0 aliphatic heterocycles. The van der Waals surface area contributed by atoms with Crippen molar-refractivity contribution in [2.24, 2.45) is 0 Å². The summed E-state index contributed by atoms with van der Waals surface area (Å²) in [5.74, 6) is 0. The van der Waals surface area contributed by atoms with Crippen molar-refractivity contribution in [3.05, 3.63) is 79.9 Å². The zero-order valence-corrected chi connectivity index (χ0v) is 11.9. The number of nitrogens with zero attached hydrogens (tertiary/aromatic N) is 2. The third kappa shape index (κ3) is 4.09. The van der Waals surface area contributed by atoms with E-state index < -0.39 is 22.1 Å². The molecule has 2 atom stereocenters. The smallest absolute Gasteiger partial charge is 0.269 e. The molecule has 0 aliphatic carbocycles. The van der Waals surface area contributed by atoms with E-state index in [9.17, 15) is 30.4 Å². The molecule has 0 spiro atoms. The van der Waals surface area contributed by atoms with Crippen LogP contribution in [0.2, 0.25) is 0 Å². The molecule has 0 fully saturated rings. The molecule has 23 heavy (non-hydrogen) atoms. The Morgan fingerprint density at radius 2 is 1.04 bits per heavy atom. The number of aliphatic hydroxyl groups is 2. The van der Waals surface area contributed by atoms with E-state index >= 15 is 0 Å². The molecule has 0 radical (unpaired) electrons. The summed E-state index contributed by atoms with van der Waals surface area (Å²) in [6, 6.07) is 10.8. The van der Waals surface area contributed by atoms with Crippen LogP contribution in [-0.2, 0) is 0 Å². The quantitative estimate of drug-likeness (QED) is 0.622. The predicted octanol–water partition coefficient (Wildman–Crippen LogP) is 2.66. The first-order valence-corrected chi connectivity index (χ1v) is 6.73. The highest BCUT2D eigenvalue weighted by Gasteiger charge is 2.17. The van der Waals surface area contributed by atoms with E-state index in [-0.39, 0.29) is 17.8 Å². The van der Waals surface area contributed by atoms with Gasteiger partial charge in [-0.1, -0.05) is 0 Å². The second-order valence-corrected chi connectivity index (χ2v) is 4.96. The Hall–Kier alpha value is -2.84. The molecule has 0 aromatic heterocycles. The number of hydrogen-bond donors (Lipinski definition) is 2. The first-order valence-electron chi connectivity index (χ1n) is 6.73. The zero-order valence-electron chi connectivity index (χ0n) is 11.9. The van der Waals surface area contributed by atoms with Gasteiger partial charge in [0, 0.05) is 30.7 Å². The van der Waals surface area contributed by atoms with Gasteiger partial charge in [0.25, 0.3) is 11.4 Å². The molecular formula is C15H14N2O6. The standard InChI is InChI=1S/C15H14N2O6/c18-14(10-1-5-12(6-2-10)16(20)21)9-15(19)11-3-7-13(8-4-11)17(22)23/h1-8,14-15,18-19H,9H2/t14-,15-/m0/s1. The van der Waals surface area contributed by atoms with Gasteiger partial charge < -0.3 is 10.2 Å². The maximum atomic E-state index is 10.6. The summed E-state index contributed by atoms with van der Waals surface area (Å²) >= 11 is 0. The molecule has 0 saturated carbocycles. The number of nitro groups is 2. The minimum atomic E-state index is -1.01. The van der Waals surface area contributed by atoms with Gasteiger partial charge in [-0.3, -0.25) is 20.2 Å². The fourth-order valence-corrected chi connectivity index (χ4v) is 2.12. The topological polar surface area (TPSA) is 127 Å². The van der Waals surface area contributed by atoms with Crippen LogP contribution in [0.15, 0.2) is 48.5 Å². The Kier molecular flexibility index (Phi) is 4.99. The van der Waals surface area contributed by atoms with Gasteiger partial charge in [0.1, 0.15) is 0 Å². The van der Waals surface area contributed by atoms with Crippen LogP contribution >= 0.6 is 0 Å². The fraction of sp³-hybridized carbons (Fsp3) is 0.200. The van der Waals surface area contributed by atoms with E-state index in [0.29, 0.717) is 11.1 Å². The Balaban J connectivity index is 2.05. The van der Waals surface area contributed by atoms with Gasteiger partial charge in [0.05, 0.1) is 22.1 Å². The molecule has 2 rings (SSSR count). The van der Waals surface area contributed by atoms with Crippen molar-refractivity contribution in [3.8, 4) is 0 Å². The zero-order chi connectivity index (χ0) is 17.0. The van der Waals surface area contributed by atoms with Gasteiger partial charge in [-0.25, -0.2) is 0 Å². The molecular weight excluding hydrogens is 304 g/mol. The van der Waals surface area contributed by atoms with E-state index in [0.717, 1.165) is 0 Å². The molecule has 2 aromatic rings. The minimum absolute atomic E-state index is 0.0321. The average Bonchev–Trinajstić information content (AvgIpc) is 2.54. The number of rotatable bonds is 6. The molecule has 2 N–H and O–H groups in total. The van der Waals surface area contributed by atoms with Gasteiger partial charge in [-0.15, -0.1) is 0 Å². The van der Waals surface area contributed by atoms with Crippen LogP contribution in [0.3, 0.4) is 0 Å². The normalized spacial score (nSPS) is 13.3. The van der Waals surface area contributed by atoms with E-state index in [4.69, 9.17) is 0 Å². The minimum Gasteiger partial charge on any atom is -0.388 e. The molecule has 8 nitrogen and oxygen atoms in total. The Morgan fingerprint density at radius 1 is 0.739 bits per heavy atom. The Bertz CT molecular complexity index is 637. The van der Waals surface area contributed by atoms with Gasteiger partial charge in [-0.2, -0.15) is 0 Å². The van der Waals surface area contributed by atoms with Crippen molar-refractivity contribution in [3.63, 3.8) is 0 Å². The molecule has 0 saturated heterocycles. The Labute approximate surface area is 130 Å². The molecule has 0 amide bonds. The van der Waals surface area contributed by atoms with Crippen molar-refractivity contribution in [2.45, 2.75) is 18.6 Å². The fourth-order valence-electron chi connectivity index (χ4n) is 2.12. The number of aliphatic hydroxyl groups excluding tert-OH is 2. The highest BCUT2D eigenvalue weighted by Crippen LogP contribution is 2.28. The van der Waals surface area contributed by atoms with Gasteiger partial charge in [0.2, 0.25) is 0 Å².